The molecule has 0 aliphatic carbocycles. The van der Waals surface area contributed by atoms with Gasteiger partial charge in [0.1, 0.15) is 0 Å². The molecule has 0 spiro atoms. The van der Waals surface area contributed by atoms with Crippen molar-refractivity contribution in [1.29, 1.82) is 0 Å². The fourth-order valence-electron chi connectivity index (χ4n) is 2.49. The number of nitrogens with two attached hydrogens (primary N) is 2. The number of carbonyl (C=O) groups is 2. The maximum Gasteiger partial charge on any atom is 0.257 e. The largest absolute Gasteiger partial charge is 0.399 e. The van der Waals surface area contributed by atoms with E-state index in [1.807, 2.05) is 0 Å². The highest BCUT2D eigenvalue weighted by molar-refractivity contribution is 6.36. The third kappa shape index (κ3) is 4.92. The summed E-state index contributed by atoms with van der Waals surface area (Å²) in [4.78, 5) is 25.0. The molecule has 0 atom stereocenters. The van der Waals surface area contributed by atoms with Crippen LogP contribution in [0.2, 0.25) is 15.1 Å². The summed E-state index contributed by atoms with van der Waals surface area (Å²) in [5.74, 6) is -0.915. The zero-order valence-corrected chi connectivity index (χ0v) is 17.1. The molecule has 29 heavy (non-hydrogen) atoms. The smallest absolute Gasteiger partial charge is 0.257 e. The van der Waals surface area contributed by atoms with Gasteiger partial charge in [-0.1, -0.05) is 34.8 Å². The van der Waals surface area contributed by atoms with Crippen molar-refractivity contribution in [3.8, 4) is 0 Å². The maximum atomic E-state index is 12.5. The van der Waals surface area contributed by atoms with Crippen LogP contribution in [0.4, 0.5) is 22.7 Å². The molecular weight excluding hydrogens is 435 g/mol. The summed E-state index contributed by atoms with van der Waals surface area (Å²) in [5, 5.41) is 6.03. The number of rotatable bonds is 4. The Morgan fingerprint density at radius 2 is 1.17 bits per heavy atom. The number of hydrogen-bond acceptors (Lipinski definition) is 4. The zero-order valence-electron chi connectivity index (χ0n) is 14.8. The minimum Gasteiger partial charge on any atom is -0.399 e. The predicted octanol–water partition coefficient (Wildman–Crippen LogP) is 5.32. The molecule has 3 rings (SSSR count). The van der Waals surface area contributed by atoms with Crippen molar-refractivity contribution in [2.75, 3.05) is 22.1 Å². The first-order valence-corrected chi connectivity index (χ1v) is 9.40. The van der Waals surface area contributed by atoms with E-state index in [1.54, 1.807) is 24.3 Å². The second-order valence-corrected chi connectivity index (χ2v) is 7.30. The first-order valence-electron chi connectivity index (χ1n) is 8.27. The van der Waals surface area contributed by atoms with E-state index in [1.165, 1.54) is 30.3 Å². The summed E-state index contributed by atoms with van der Waals surface area (Å²) < 4.78 is 0. The molecule has 0 aromatic heterocycles. The average Bonchev–Trinajstić information content (AvgIpc) is 2.66. The molecule has 0 radical (unpaired) electrons. The Kier molecular flexibility index (Phi) is 6.17. The second kappa shape index (κ2) is 8.61. The fourth-order valence-corrected chi connectivity index (χ4v) is 3.23. The number of carbonyl (C=O) groups excluding carboxylic acids is 2. The molecule has 6 N–H and O–H groups in total. The van der Waals surface area contributed by atoms with Crippen LogP contribution in [0.1, 0.15) is 20.7 Å². The van der Waals surface area contributed by atoms with Gasteiger partial charge in [0.25, 0.3) is 11.8 Å². The van der Waals surface area contributed by atoms with Gasteiger partial charge in [0.15, 0.2) is 0 Å². The van der Waals surface area contributed by atoms with Gasteiger partial charge in [0.05, 0.1) is 32.0 Å². The van der Waals surface area contributed by atoms with Crippen LogP contribution in [0.5, 0.6) is 0 Å². The number of nitrogen functional groups attached to an aromatic ring is 2. The van der Waals surface area contributed by atoms with Crippen molar-refractivity contribution >= 4 is 69.4 Å². The van der Waals surface area contributed by atoms with Crippen LogP contribution in [0.15, 0.2) is 54.6 Å². The summed E-state index contributed by atoms with van der Waals surface area (Å²) >= 11 is 18.4. The van der Waals surface area contributed by atoms with Gasteiger partial charge in [-0.25, -0.2) is 0 Å². The van der Waals surface area contributed by atoms with Crippen LogP contribution in [-0.4, -0.2) is 11.8 Å². The monoisotopic (exact) mass is 448 g/mol. The fraction of sp³-hybridized carbons (Fsp3) is 0. The molecule has 0 unspecified atom stereocenters. The molecule has 0 aliphatic rings. The van der Waals surface area contributed by atoms with Crippen molar-refractivity contribution in [2.45, 2.75) is 0 Å². The SMILES string of the molecule is Nc1ccc(NC(=O)c2ccc(C(=O)Nc3ccc(N)cc3Cl)c(Cl)c2)c(Cl)c1. The van der Waals surface area contributed by atoms with Gasteiger partial charge in [-0.3, -0.25) is 9.59 Å². The number of benzene rings is 3. The first kappa shape index (κ1) is 20.8. The van der Waals surface area contributed by atoms with Gasteiger partial charge in [0, 0.05) is 16.9 Å². The molecule has 6 nitrogen and oxygen atoms in total. The lowest BCUT2D eigenvalue weighted by Gasteiger charge is -2.11. The van der Waals surface area contributed by atoms with Crippen LogP contribution >= 0.6 is 34.8 Å². The van der Waals surface area contributed by atoms with E-state index in [0.29, 0.717) is 32.8 Å². The third-order valence-electron chi connectivity index (χ3n) is 3.96. The third-order valence-corrected chi connectivity index (χ3v) is 4.90. The lowest BCUT2D eigenvalue weighted by molar-refractivity contribution is 0.101. The number of nitrogens with one attached hydrogen (secondary N) is 2. The minimum atomic E-state index is -0.477. The highest BCUT2D eigenvalue weighted by Crippen LogP contribution is 2.27. The molecule has 0 saturated carbocycles. The van der Waals surface area contributed by atoms with E-state index in [2.05, 4.69) is 10.6 Å². The van der Waals surface area contributed by atoms with Crippen molar-refractivity contribution in [3.63, 3.8) is 0 Å². The molecule has 9 heteroatoms. The summed E-state index contributed by atoms with van der Waals surface area (Å²) in [6, 6.07) is 13.8. The van der Waals surface area contributed by atoms with Gasteiger partial charge in [-0.2, -0.15) is 0 Å². The number of halogens is 3. The molecule has 2 amide bonds. The van der Waals surface area contributed by atoms with E-state index < -0.39 is 11.8 Å². The van der Waals surface area contributed by atoms with E-state index in [-0.39, 0.29) is 16.1 Å². The summed E-state index contributed by atoms with van der Waals surface area (Å²) in [7, 11) is 0. The van der Waals surface area contributed by atoms with Crippen LogP contribution in [-0.2, 0) is 0 Å². The van der Waals surface area contributed by atoms with Crippen LogP contribution in [0.25, 0.3) is 0 Å². The quantitative estimate of drug-likeness (QED) is 0.404. The number of hydrogen-bond donors (Lipinski definition) is 4. The first-order chi connectivity index (χ1) is 13.7. The Morgan fingerprint density at radius 1 is 0.655 bits per heavy atom. The second-order valence-electron chi connectivity index (χ2n) is 6.08. The van der Waals surface area contributed by atoms with Gasteiger partial charge in [-0.15, -0.1) is 0 Å². The van der Waals surface area contributed by atoms with Gasteiger partial charge in [-0.05, 0) is 54.6 Å². The number of anilines is 4. The van der Waals surface area contributed by atoms with Gasteiger partial charge < -0.3 is 22.1 Å². The Bertz CT molecular complexity index is 1120. The normalized spacial score (nSPS) is 10.4. The lowest BCUT2D eigenvalue weighted by Crippen LogP contribution is -2.15. The summed E-state index contributed by atoms with van der Waals surface area (Å²) in [6.07, 6.45) is 0. The molecule has 3 aromatic carbocycles. The van der Waals surface area contributed by atoms with Crippen molar-refractivity contribution in [2.24, 2.45) is 0 Å². The Labute approximate surface area is 181 Å². The molecule has 0 heterocycles. The topological polar surface area (TPSA) is 110 Å². The molecule has 148 valence electrons. The van der Waals surface area contributed by atoms with Crippen LogP contribution in [0.3, 0.4) is 0 Å². The van der Waals surface area contributed by atoms with E-state index in [9.17, 15) is 9.59 Å². The highest BCUT2D eigenvalue weighted by Gasteiger charge is 2.16. The summed E-state index contributed by atoms with van der Waals surface area (Å²) in [6.45, 7) is 0. The predicted molar refractivity (Wildman–Crippen MR) is 119 cm³/mol. The van der Waals surface area contributed by atoms with Gasteiger partial charge in [0.2, 0.25) is 0 Å². The molecule has 0 fully saturated rings. The number of amides is 2. The molecule has 0 aliphatic heterocycles. The average molecular weight is 450 g/mol. The molecular formula is C20H15Cl3N4O2. The van der Waals surface area contributed by atoms with Crippen molar-refractivity contribution in [3.05, 3.63) is 80.8 Å². The Morgan fingerprint density at radius 3 is 1.66 bits per heavy atom. The molecule has 0 bridgehead atoms. The Balaban J connectivity index is 1.76. The summed E-state index contributed by atoms with van der Waals surface area (Å²) in [5.41, 5.74) is 13.5. The van der Waals surface area contributed by atoms with Crippen LogP contribution < -0.4 is 22.1 Å². The molecule has 3 aromatic rings. The maximum absolute atomic E-state index is 12.5. The van der Waals surface area contributed by atoms with Gasteiger partial charge >= 0.3 is 0 Å². The Hall–Kier alpha value is -2.93. The van der Waals surface area contributed by atoms with Crippen molar-refractivity contribution in [1.82, 2.24) is 0 Å². The standard InChI is InChI=1S/C20H15Cl3N4O2/c21-14-7-10(19(28)26-17-5-2-11(24)8-15(17)22)1-4-13(14)20(29)27-18-6-3-12(25)9-16(18)23/h1-9H,24-25H2,(H,26,28)(H,27,29). The highest BCUT2D eigenvalue weighted by atomic mass is 35.5. The van der Waals surface area contributed by atoms with Crippen LogP contribution in [0, 0.1) is 0 Å². The van der Waals surface area contributed by atoms with E-state index in [4.69, 9.17) is 46.3 Å². The van der Waals surface area contributed by atoms with E-state index >= 15 is 0 Å². The lowest BCUT2D eigenvalue weighted by atomic mass is 10.1. The molecule has 0 saturated heterocycles. The minimum absolute atomic E-state index is 0.102. The van der Waals surface area contributed by atoms with Crippen molar-refractivity contribution < 1.29 is 9.59 Å². The zero-order chi connectivity index (χ0) is 21.1. The van der Waals surface area contributed by atoms with E-state index in [0.717, 1.165) is 0 Å².